The minimum atomic E-state index is -0.00856. The molecule has 5 aromatic rings. The minimum Gasteiger partial charge on any atom is -0.489 e. The van der Waals surface area contributed by atoms with Crippen molar-refractivity contribution in [2.75, 3.05) is 0 Å². The summed E-state index contributed by atoms with van der Waals surface area (Å²) in [6.07, 6.45) is 1.85. The molecule has 0 saturated carbocycles. The largest absolute Gasteiger partial charge is 0.489 e. The maximum atomic E-state index is 13.0. The standard InChI is InChI=1S/C24H17NO2S/c26-24-21(10-11-22-23-19(13-15-28-23)12-14-25(22)24)18-6-8-20(9-7-18)27-16-17-4-2-1-3-5-17/h1-15H,16H2. The number of nitrogens with zero attached hydrogens (tertiary/aromatic N) is 1. The quantitative estimate of drug-likeness (QED) is 0.395. The van der Waals surface area contributed by atoms with E-state index in [1.807, 2.05) is 79.0 Å². The highest BCUT2D eigenvalue weighted by Gasteiger charge is 2.09. The first-order chi connectivity index (χ1) is 13.8. The smallest absolute Gasteiger partial charge is 0.262 e. The third-order valence-electron chi connectivity index (χ3n) is 4.86. The van der Waals surface area contributed by atoms with Crippen LogP contribution in [-0.2, 0) is 6.61 Å². The van der Waals surface area contributed by atoms with Gasteiger partial charge in [-0.3, -0.25) is 9.20 Å². The minimum absolute atomic E-state index is 0.00856. The average molecular weight is 383 g/mol. The highest BCUT2D eigenvalue weighted by atomic mass is 32.1. The van der Waals surface area contributed by atoms with Crippen molar-refractivity contribution < 1.29 is 4.74 Å². The Kier molecular flexibility index (Phi) is 4.18. The van der Waals surface area contributed by atoms with Crippen LogP contribution < -0.4 is 10.3 Å². The number of hydrogen-bond acceptors (Lipinski definition) is 3. The van der Waals surface area contributed by atoms with Crippen LogP contribution in [0.15, 0.2) is 95.2 Å². The van der Waals surface area contributed by atoms with E-state index < -0.39 is 0 Å². The summed E-state index contributed by atoms with van der Waals surface area (Å²) in [5, 5.41) is 3.22. The summed E-state index contributed by atoms with van der Waals surface area (Å²) in [5.74, 6) is 0.786. The normalized spacial score (nSPS) is 11.1. The number of rotatable bonds is 4. The lowest BCUT2D eigenvalue weighted by Crippen LogP contribution is -2.15. The average Bonchev–Trinajstić information content (AvgIpc) is 3.23. The fraction of sp³-hybridized carbons (Fsp3) is 0.0417. The second-order valence-corrected chi connectivity index (χ2v) is 7.54. The van der Waals surface area contributed by atoms with Crippen LogP contribution in [0.2, 0.25) is 0 Å². The lowest BCUT2D eigenvalue weighted by atomic mass is 10.1. The lowest BCUT2D eigenvalue weighted by Gasteiger charge is -2.09. The molecule has 3 nitrogen and oxygen atoms in total. The van der Waals surface area contributed by atoms with Crippen molar-refractivity contribution in [2.45, 2.75) is 6.61 Å². The van der Waals surface area contributed by atoms with Crippen LogP contribution in [0.1, 0.15) is 5.56 Å². The van der Waals surface area contributed by atoms with Gasteiger partial charge in [0.2, 0.25) is 0 Å². The Balaban J connectivity index is 1.45. The van der Waals surface area contributed by atoms with Crippen molar-refractivity contribution in [1.29, 1.82) is 0 Å². The molecule has 0 bridgehead atoms. The summed E-state index contributed by atoms with van der Waals surface area (Å²) in [5.41, 5.74) is 3.63. The summed E-state index contributed by atoms with van der Waals surface area (Å²) < 4.78 is 8.71. The first-order valence-corrected chi connectivity index (χ1v) is 9.96. The number of ether oxygens (including phenoxy) is 1. The van der Waals surface area contributed by atoms with E-state index in [9.17, 15) is 4.79 Å². The monoisotopic (exact) mass is 383 g/mol. The molecule has 5 rings (SSSR count). The second-order valence-electron chi connectivity index (χ2n) is 6.63. The SMILES string of the molecule is O=c1c(-c2ccc(OCc3ccccc3)cc2)ccc2c3sccc3ccn12. The molecular formula is C24H17NO2S. The molecule has 0 radical (unpaired) electrons. The van der Waals surface area contributed by atoms with E-state index in [1.54, 1.807) is 15.7 Å². The fourth-order valence-electron chi connectivity index (χ4n) is 3.39. The lowest BCUT2D eigenvalue weighted by molar-refractivity contribution is 0.306. The van der Waals surface area contributed by atoms with Gasteiger partial charge in [-0.2, -0.15) is 0 Å². The highest BCUT2D eigenvalue weighted by Crippen LogP contribution is 2.27. The maximum Gasteiger partial charge on any atom is 0.262 e. The van der Waals surface area contributed by atoms with E-state index in [4.69, 9.17) is 4.74 Å². The molecule has 4 heteroatoms. The molecule has 0 amide bonds. The Morgan fingerprint density at radius 1 is 0.857 bits per heavy atom. The summed E-state index contributed by atoms with van der Waals surface area (Å²) in [6, 6.07) is 25.8. The first kappa shape index (κ1) is 16.8. The van der Waals surface area contributed by atoms with Gasteiger partial charge in [-0.1, -0.05) is 42.5 Å². The van der Waals surface area contributed by atoms with Gasteiger partial charge in [0, 0.05) is 11.8 Å². The Labute approximate surface area is 166 Å². The Morgan fingerprint density at radius 2 is 1.68 bits per heavy atom. The van der Waals surface area contributed by atoms with Crippen molar-refractivity contribution in [3.63, 3.8) is 0 Å². The number of hydrogen-bond donors (Lipinski definition) is 0. The van der Waals surface area contributed by atoms with Gasteiger partial charge in [-0.05, 0) is 58.3 Å². The summed E-state index contributed by atoms with van der Waals surface area (Å²) in [4.78, 5) is 13.0. The van der Waals surface area contributed by atoms with Crippen molar-refractivity contribution in [3.05, 3.63) is 106 Å². The van der Waals surface area contributed by atoms with Crippen LogP contribution in [0.3, 0.4) is 0 Å². The first-order valence-electron chi connectivity index (χ1n) is 9.08. The van der Waals surface area contributed by atoms with Gasteiger partial charge >= 0.3 is 0 Å². The molecule has 0 aliphatic heterocycles. The summed E-state index contributed by atoms with van der Waals surface area (Å²) >= 11 is 1.66. The second kappa shape index (κ2) is 6.98. The Morgan fingerprint density at radius 3 is 2.50 bits per heavy atom. The van der Waals surface area contributed by atoms with Crippen LogP contribution in [0.25, 0.3) is 26.7 Å². The molecule has 28 heavy (non-hydrogen) atoms. The van der Waals surface area contributed by atoms with E-state index in [1.165, 1.54) is 0 Å². The fourth-order valence-corrected chi connectivity index (χ4v) is 4.30. The molecule has 0 spiro atoms. The summed E-state index contributed by atoms with van der Waals surface area (Å²) in [6.45, 7) is 0.523. The van der Waals surface area contributed by atoms with Gasteiger partial charge in [0.05, 0.1) is 10.2 Å². The van der Waals surface area contributed by atoms with Crippen LogP contribution in [0.5, 0.6) is 5.75 Å². The molecule has 3 aromatic heterocycles. The number of thiophene rings is 1. The predicted octanol–water partition coefficient (Wildman–Crippen LogP) is 5.76. The maximum absolute atomic E-state index is 13.0. The van der Waals surface area contributed by atoms with E-state index in [0.29, 0.717) is 12.2 Å². The topological polar surface area (TPSA) is 30.7 Å². The third kappa shape index (κ3) is 2.98. The van der Waals surface area contributed by atoms with Gasteiger partial charge < -0.3 is 4.74 Å². The van der Waals surface area contributed by atoms with E-state index in [0.717, 1.165) is 32.5 Å². The van der Waals surface area contributed by atoms with E-state index in [2.05, 4.69) is 11.4 Å². The molecule has 136 valence electrons. The van der Waals surface area contributed by atoms with Crippen molar-refractivity contribution in [2.24, 2.45) is 0 Å². The zero-order chi connectivity index (χ0) is 18.9. The van der Waals surface area contributed by atoms with Crippen molar-refractivity contribution in [1.82, 2.24) is 4.40 Å². The molecule has 2 aromatic carbocycles. The van der Waals surface area contributed by atoms with Crippen molar-refractivity contribution >= 4 is 26.9 Å². The highest BCUT2D eigenvalue weighted by molar-refractivity contribution is 7.18. The molecule has 0 unspecified atom stereocenters. The van der Waals surface area contributed by atoms with Gasteiger partial charge in [0.15, 0.2) is 0 Å². The zero-order valence-corrected chi connectivity index (χ0v) is 15.9. The summed E-state index contributed by atoms with van der Waals surface area (Å²) in [7, 11) is 0. The van der Waals surface area contributed by atoms with E-state index >= 15 is 0 Å². The van der Waals surface area contributed by atoms with Crippen LogP contribution in [0.4, 0.5) is 0 Å². The Bertz CT molecular complexity index is 1320. The van der Waals surface area contributed by atoms with E-state index in [-0.39, 0.29) is 5.56 Å². The molecule has 0 aliphatic carbocycles. The molecule has 0 atom stereocenters. The number of benzene rings is 2. The molecule has 0 fully saturated rings. The predicted molar refractivity (Wildman–Crippen MR) is 115 cm³/mol. The molecule has 0 saturated heterocycles. The molecule has 0 aliphatic rings. The molecular weight excluding hydrogens is 366 g/mol. The van der Waals surface area contributed by atoms with Gasteiger partial charge in [0.25, 0.3) is 5.56 Å². The Hall–Kier alpha value is -3.37. The van der Waals surface area contributed by atoms with Crippen molar-refractivity contribution in [3.8, 4) is 16.9 Å². The molecule has 3 heterocycles. The van der Waals surface area contributed by atoms with Crippen LogP contribution in [0, 0.1) is 0 Å². The van der Waals surface area contributed by atoms with Gasteiger partial charge in [-0.25, -0.2) is 0 Å². The number of fused-ring (bicyclic) bond motifs is 3. The molecule has 0 N–H and O–H groups in total. The van der Waals surface area contributed by atoms with Crippen LogP contribution in [-0.4, -0.2) is 4.40 Å². The van der Waals surface area contributed by atoms with Crippen LogP contribution >= 0.6 is 11.3 Å². The van der Waals surface area contributed by atoms with Gasteiger partial charge in [-0.15, -0.1) is 11.3 Å². The zero-order valence-electron chi connectivity index (χ0n) is 15.0. The number of aromatic nitrogens is 1. The number of pyridine rings is 2. The third-order valence-corrected chi connectivity index (χ3v) is 5.81. The van der Waals surface area contributed by atoms with Gasteiger partial charge in [0.1, 0.15) is 12.4 Å².